The molecule has 0 saturated carbocycles. The summed E-state index contributed by atoms with van der Waals surface area (Å²) in [4.78, 5) is 6.58. The normalized spacial score (nSPS) is 16.9. The van der Waals surface area contributed by atoms with E-state index in [0.29, 0.717) is 6.61 Å². The van der Waals surface area contributed by atoms with Crippen LogP contribution in [0.25, 0.3) is 0 Å². The number of nitrogens with one attached hydrogen (secondary N) is 2. The number of morpholine rings is 1. The van der Waals surface area contributed by atoms with Gasteiger partial charge in [0.05, 0.1) is 26.4 Å². The van der Waals surface area contributed by atoms with E-state index in [1.165, 1.54) is 0 Å². The van der Waals surface area contributed by atoms with Gasteiger partial charge in [0.25, 0.3) is 0 Å². The van der Waals surface area contributed by atoms with Gasteiger partial charge in [-0.05, 0) is 6.42 Å². The number of hydrogen-bond acceptors (Lipinski definition) is 4. The second-order valence-corrected chi connectivity index (χ2v) is 4.57. The molecule has 116 valence electrons. The van der Waals surface area contributed by atoms with Crippen LogP contribution in [0.2, 0.25) is 0 Å². The van der Waals surface area contributed by atoms with Crippen molar-refractivity contribution < 1.29 is 9.47 Å². The summed E-state index contributed by atoms with van der Waals surface area (Å²) >= 11 is 0. The van der Waals surface area contributed by atoms with Crippen molar-refractivity contribution in [2.75, 3.05) is 66.2 Å². The van der Waals surface area contributed by atoms with Crippen molar-refractivity contribution in [1.82, 2.24) is 15.5 Å². The molecule has 0 aliphatic carbocycles. The summed E-state index contributed by atoms with van der Waals surface area (Å²) in [7, 11) is 1.78. The summed E-state index contributed by atoms with van der Waals surface area (Å²) in [6, 6.07) is 0. The zero-order valence-corrected chi connectivity index (χ0v) is 12.6. The molecule has 0 unspecified atom stereocenters. The van der Waals surface area contributed by atoms with E-state index >= 15 is 0 Å². The molecule has 0 spiro atoms. The quantitative estimate of drug-likeness (QED) is 0.272. The largest absolute Gasteiger partial charge is 0.379 e. The first-order chi connectivity index (χ1) is 9.86. The second kappa shape index (κ2) is 11.7. The van der Waals surface area contributed by atoms with Crippen LogP contribution in [0.1, 0.15) is 6.42 Å². The standard InChI is InChI=1S/C14H28N4O2/c1-3-4-10-19-11-6-17-14(15-2)16-5-7-18-8-12-20-13-9-18/h3H,1,4-13H2,2H3,(H2,15,16,17). The van der Waals surface area contributed by atoms with E-state index < -0.39 is 0 Å². The Kier molecular flexibility index (Phi) is 9.91. The lowest BCUT2D eigenvalue weighted by atomic mass is 10.4. The van der Waals surface area contributed by atoms with E-state index in [2.05, 4.69) is 27.1 Å². The Morgan fingerprint density at radius 3 is 2.75 bits per heavy atom. The number of guanidine groups is 1. The molecule has 1 rings (SSSR count). The Labute approximate surface area is 122 Å². The molecule has 0 radical (unpaired) electrons. The molecule has 0 bridgehead atoms. The fourth-order valence-electron chi connectivity index (χ4n) is 1.89. The third-order valence-corrected chi connectivity index (χ3v) is 3.05. The van der Waals surface area contributed by atoms with Gasteiger partial charge in [-0.2, -0.15) is 0 Å². The third-order valence-electron chi connectivity index (χ3n) is 3.05. The molecular formula is C14H28N4O2. The monoisotopic (exact) mass is 284 g/mol. The molecule has 6 heteroatoms. The fourth-order valence-corrected chi connectivity index (χ4v) is 1.89. The molecule has 1 heterocycles. The van der Waals surface area contributed by atoms with Gasteiger partial charge in [-0.1, -0.05) is 6.08 Å². The Balaban J connectivity index is 2.00. The highest BCUT2D eigenvalue weighted by atomic mass is 16.5. The van der Waals surface area contributed by atoms with Crippen molar-refractivity contribution in [1.29, 1.82) is 0 Å². The van der Waals surface area contributed by atoms with E-state index in [1.807, 2.05) is 6.08 Å². The topological polar surface area (TPSA) is 58.1 Å². The van der Waals surface area contributed by atoms with Crippen molar-refractivity contribution in [3.05, 3.63) is 12.7 Å². The number of ether oxygens (including phenoxy) is 2. The third kappa shape index (κ3) is 8.14. The van der Waals surface area contributed by atoms with Gasteiger partial charge in [0.1, 0.15) is 0 Å². The zero-order chi connectivity index (χ0) is 14.5. The lowest BCUT2D eigenvalue weighted by Gasteiger charge is -2.26. The van der Waals surface area contributed by atoms with Gasteiger partial charge < -0.3 is 20.1 Å². The highest BCUT2D eigenvalue weighted by molar-refractivity contribution is 5.79. The second-order valence-electron chi connectivity index (χ2n) is 4.57. The zero-order valence-electron chi connectivity index (χ0n) is 12.6. The number of nitrogens with zero attached hydrogens (tertiary/aromatic N) is 2. The van der Waals surface area contributed by atoms with E-state index in [9.17, 15) is 0 Å². The van der Waals surface area contributed by atoms with Crippen LogP contribution in [-0.2, 0) is 9.47 Å². The number of aliphatic imine (C=N–C) groups is 1. The van der Waals surface area contributed by atoms with Gasteiger partial charge in [-0.3, -0.25) is 9.89 Å². The Morgan fingerprint density at radius 2 is 2.05 bits per heavy atom. The van der Waals surface area contributed by atoms with Crippen LogP contribution in [0.3, 0.4) is 0 Å². The average molecular weight is 284 g/mol. The maximum Gasteiger partial charge on any atom is 0.191 e. The van der Waals surface area contributed by atoms with Crippen molar-refractivity contribution in [3.8, 4) is 0 Å². The molecule has 0 aromatic carbocycles. The summed E-state index contributed by atoms with van der Waals surface area (Å²) in [6.07, 6.45) is 2.76. The Hall–Kier alpha value is -1.11. The molecule has 1 aliphatic rings. The van der Waals surface area contributed by atoms with E-state index in [1.54, 1.807) is 7.05 Å². The molecule has 2 N–H and O–H groups in total. The molecule has 6 nitrogen and oxygen atoms in total. The minimum atomic E-state index is 0.679. The predicted octanol–water partition coefficient (Wildman–Crippen LogP) is 0.0763. The number of hydrogen-bond donors (Lipinski definition) is 2. The molecule has 1 fully saturated rings. The summed E-state index contributed by atoms with van der Waals surface area (Å²) < 4.78 is 10.8. The number of rotatable bonds is 9. The lowest BCUT2D eigenvalue weighted by Crippen LogP contribution is -2.45. The molecular weight excluding hydrogens is 256 g/mol. The first-order valence-electron chi connectivity index (χ1n) is 7.30. The van der Waals surface area contributed by atoms with Gasteiger partial charge in [0, 0.05) is 39.8 Å². The highest BCUT2D eigenvalue weighted by Crippen LogP contribution is 1.94. The molecule has 1 saturated heterocycles. The Bertz CT molecular complexity index is 278. The highest BCUT2D eigenvalue weighted by Gasteiger charge is 2.09. The molecule has 0 aromatic rings. The van der Waals surface area contributed by atoms with Gasteiger partial charge in [0.2, 0.25) is 0 Å². The summed E-state index contributed by atoms with van der Waals surface area (Å²) in [5, 5.41) is 6.53. The first-order valence-corrected chi connectivity index (χ1v) is 7.30. The van der Waals surface area contributed by atoms with Crippen LogP contribution >= 0.6 is 0 Å². The van der Waals surface area contributed by atoms with E-state index in [0.717, 1.165) is 64.9 Å². The summed E-state index contributed by atoms with van der Waals surface area (Å²) in [5.41, 5.74) is 0. The molecule has 20 heavy (non-hydrogen) atoms. The van der Waals surface area contributed by atoms with E-state index in [4.69, 9.17) is 9.47 Å². The average Bonchev–Trinajstić information content (AvgIpc) is 2.50. The van der Waals surface area contributed by atoms with Gasteiger partial charge >= 0.3 is 0 Å². The molecule has 0 atom stereocenters. The SMILES string of the molecule is C=CCCOCCNC(=NC)NCCN1CCOCC1. The smallest absolute Gasteiger partial charge is 0.191 e. The van der Waals surface area contributed by atoms with Crippen molar-refractivity contribution >= 4 is 5.96 Å². The minimum Gasteiger partial charge on any atom is -0.379 e. The molecule has 0 amide bonds. The maximum absolute atomic E-state index is 5.43. The van der Waals surface area contributed by atoms with Crippen LogP contribution in [0.4, 0.5) is 0 Å². The van der Waals surface area contributed by atoms with Crippen LogP contribution in [-0.4, -0.2) is 77.1 Å². The van der Waals surface area contributed by atoms with Crippen LogP contribution in [0.15, 0.2) is 17.6 Å². The maximum atomic E-state index is 5.43. The minimum absolute atomic E-state index is 0.679. The van der Waals surface area contributed by atoms with Gasteiger partial charge in [-0.15, -0.1) is 6.58 Å². The van der Waals surface area contributed by atoms with Crippen molar-refractivity contribution in [2.45, 2.75) is 6.42 Å². The summed E-state index contributed by atoms with van der Waals surface area (Å²) in [5.74, 6) is 0.825. The fraction of sp³-hybridized carbons (Fsp3) is 0.786. The predicted molar refractivity (Wildman–Crippen MR) is 82.3 cm³/mol. The van der Waals surface area contributed by atoms with Crippen LogP contribution in [0, 0.1) is 0 Å². The molecule has 1 aliphatic heterocycles. The van der Waals surface area contributed by atoms with Crippen LogP contribution in [0.5, 0.6) is 0 Å². The lowest BCUT2D eigenvalue weighted by molar-refractivity contribution is 0.0389. The van der Waals surface area contributed by atoms with Crippen molar-refractivity contribution in [2.24, 2.45) is 4.99 Å². The van der Waals surface area contributed by atoms with Crippen molar-refractivity contribution in [3.63, 3.8) is 0 Å². The Morgan fingerprint density at radius 1 is 1.30 bits per heavy atom. The first kappa shape index (κ1) is 16.9. The molecule has 0 aromatic heterocycles. The van der Waals surface area contributed by atoms with Gasteiger partial charge in [0.15, 0.2) is 5.96 Å². The van der Waals surface area contributed by atoms with Gasteiger partial charge in [-0.25, -0.2) is 0 Å². The summed E-state index contributed by atoms with van der Waals surface area (Å²) in [6.45, 7) is 11.4. The van der Waals surface area contributed by atoms with Crippen LogP contribution < -0.4 is 10.6 Å². The van der Waals surface area contributed by atoms with E-state index in [-0.39, 0.29) is 0 Å².